The number of halogens is 1. The Balaban J connectivity index is 2.77. The van der Waals surface area contributed by atoms with E-state index < -0.39 is 0 Å². The van der Waals surface area contributed by atoms with Crippen LogP contribution in [0.4, 0.5) is 0 Å². The molecule has 0 aliphatic carbocycles. The number of hydrogen-bond donors (Lipinski definition) is 1. The smallest absolute Gasteiger partial charge is 0.0702 e. The van der Waals surface area contributed by atoms with Crippen LogP contribution in [0.1, 0.15) is 44.5 Å². The van der Waals surface area contributed by atoms with E-state index in [0.717, 1.165) is 19.0 Å². The molecule has 2 N–H and O–H groups in total. The Morgan fingerprint density at radius 1 is 1.28 bits per heavy atom. The fourth-order valence-corrected chi connectivity index (χ4v) is 3.88. The molecule has 1 rings (SSSR count). The normalized spacial score (nSPS) is 13.5. The molecule has 0 aliphatic rings. The van der Waals surface area contributed by atoms with Crippen LogP contribution in [0.3, 0.4) is 0 Å². The van der Waals surface area contributed by atoms with E-state index in [0.29, 0.717) is 12.6 Å². The molecule has 0 saturated heterocycles. The van der Waals surface area contributed by atoms with Crippen LogP contribution in [0, 0.1) is 5.92 Å². The van der Waals surface area contributed by atoms with E-state index in [9.17, 15) is 0 Å². The topological polar surface area (TPSA) is 29.3 Å². The van der Waals surface area contributed by atoms with Crippen molar-refractivity contribution >= 4 is 27.3 Å². The summed E-state index contributed by atoms with van der Waals surface area (Å²) in [6.45, 7) is 9.70. The van der Waals surface area contributed by atoms with Crippen molar-refractivity contribution in [1.82, 2.24) is 4.90 Å². The Morgan fingerprint density at radius 3 is 2.33 bits per heavy atom. The summed E-state index contributed by atoms with van der Waals surface area (Å²) in [4.78, 5) is 3.90. The van der Waals surface area contributed by atoms with Crippen molar-refractivity contribution in [3.63, 3.8) is 0 Å². The Hall–Kier alpha value is 0.1000. The van der Waals surface area contributed by atoms with E-state index in [4.69, 9.17) is 5.73 Å². The molecule has 1 aromatic rings. The van der Waals surface area contributed by atoms with Gasteiger partial charge in [-0.3, -0.25) is 4.90 Å². The van der Waals surface area contributed by atoms with Gasteiger partial charge in [0.25, 0.3) is 0 Å². The molecule has 0 amide bonds. The van der Waals surface area contributed by atoms with Crippen LogP contribution in [0.25, 0.3) is 0 Å². The summed E-state index contributed by atoms with van der Waals surface area (Å²) in [5.41, 5.74) is 6.00. The van der Waals surface area contributed by atoms with Crippen molar-refractivity contribution in [2.45, 2.75) is 39.7 Å². The summed E-state index contributed by atoms with van der Waals surface area (Å²) in [5, 5.41) is 0. The third kappa shape index (κ3) is 4.34. The second-order valence-corrected chi connectivity index (χ2v) is 7.16. The van der Waals surface area contributed by atoms with Crippen LogP contribution in [0.15, 0.2) is 15.9 Å². The first-order valence-corrected chi connectivity index (χ1v) is 8.46. The lowest BCUT2D eigenvalue weighted by Crippen LogP contribution is -2.36. The summed E-state index contributed by atoms with van der Waals surface area (Å²) in [5.74, 6) is 0.780. The summed E-state index contributed by atoms with van der Waals surface area (Å²) in [6.07, 6.45) is 2.50. The lowest BCUT2D eigenvalue weighted by molar-refractivity contribution is 0.176. The lowest BCUT2D eigenvalue weighted by atomic mass is 10.0. The highest BCUT2D eigenvalue weighted by Gasteiger charge is 2.21. The molecule has 1 heterocycles. The minimum absolute atomic E-state index is 0.367. The van der Waals surface area contributed by atoms with E-state index in [-0.39, 0.29) is 0 Å². The van der Waals surface area contributed by atoms with Gasteiger partial charge in [-0.05, 0) is 40.5 Å². The van der Waals surface area contributed by atoms with E-state index in [1.54, 1.807) is 11.3 Å². The molecule has 1 aromatic heterocycles. The predicted molar refractivity (Wildman–Crippen MR) is 85.1 cm³/mol. The van der Waals surface area contributed by atoms with Gasteiger partial charge >= 0.3 is 0 Å². The molecule has 0 aliphatic heterocycles. The molecule has 18 heavy (non-hydrogen) atoms. The van der Waals surface area contributed by atoms with Crippen molar-refractivity contribution in [2.24, 2.45) is 11.7 Å². The van der Waals surface area contributed by atoms with Crippen molar-refractivity contribution < 1.29 is 0 Å². The van der Waals surface area contributed by atoms with E-state index >= 15 is 0 Å². The maximum Gasteiger partial charge on any atom is 0.0702 e. The molecule has 0 bridgehead atoms. The average Bonchev–Trinajstić information content (AvgIpc) is 2.81. The van der Waals surface area contributed by atoms with Gasteiger partial charge in [-0.2, -0.15) is 0 Å². The number of likely N-dealkylation sites (N-methyl/N-ethyl adjacent to an activating group) is 1. The standard InChI is InChI=1S/C14H25BrN2S/c1-4-11(5-2)10-17(6-3)12(9-16)13-7-8-14(15)18-13/h7-8,11-12H,4-6,9-10,16H2,1-3H3. The van der Waals surface area contributed by atoms with Gasteiger partial charge in [0.05, 0.1) is 9.83 Å². The molecule has 104 valence electrons. The zero-order valence-electron chi connectivity index (χ0n) is 11.7. The van der Waals surface area contributed by atoms with Gasteiger partial charge in [-0.15, -0.1) is 11.3 Å². The minimum atomic E-state index is 0.367. The Morgan fingerprint density at radius 2 is 1.94 bits per heavy atom. The molecular weight excluding hydrogens is 308 g/mol. The number of nitrogens with two attached hydrogens (primary N) is 1. The first-order valence-electron chi connectivity index (χ1n) is 6.85. The van der Waals surface area contributed by atoms with E-state index in [2.05, 4.69) is 53.7 Å². The van der Waals surface area contributed by atoms with Gasteiger partial charge in [0.15, 0.2) is 0 Å². The third-order valence-electron chi connectivity index (χ3n) is 3.64. The van der Waals surface area contributed by atoms with Crippen LogP contribution in [-0.2, 0) is 0 Å². The number of rotatable bonds is 8. The molecule has 0 fully saturated rings. The Kier molecular flexibility index (Phi) is 7.46. The van der Waals surface area contributed by atoms with Crippen molar-refractivity contribution in [2.75, 3.05) is 19.6 Å². The highest BCUT2D eigenvalue weighted by atomic mass is 79.9. The van der Waals surface area contributed by atoms with Gasteiger partial charge in [0, 0.05) is 18.0 Å². The minimum Gasteiger partial charge on any atom is -0.329 e. The Bertz CT molecular complexity index is 336. The van der Waals surface area contributed by atoms with Crippen LogP contribution in [-0.4, -0.2) is 24.5 Å². The largest absolute Gasteiger partial charge is 0.329 e. The van der Waals surface area contributed by atoms with Gasteiger partial charge in [0.2, 0.25) is 0 Å². The summed E-state index contributed by atoms with van der Waals surface area (Å²) < 4.78 is 1.19. The van der Waals surface area contributed by atoms with Gasteiger partial charge in [-0.25, -0.2) is 0 Å². The van der Waals surface area contributed by atoms with Crippen LogP contribution >= 0.6 is 27.3 Å². The fourth-order valence-electron chi connectivity index (χ4n) is 2.31. The average molecular weight is 333 g/mol. The van der Waals surface area contributed by atoms with Gasteiger partial charge < -0.3 is 5.73 Å². The van der Waals surface area contributed by atoms with Crippen LogP contribution in [0.5, 0.6) is 0 Å². The zero-order chi connectivity index (χ0) is 13.5. The molecule has 1 unspecified atom stereocenters. The maximum absolute atomic E-state index is 6.00. The van der Waals surface area contributed by atoms with Gasteiger partial charge in [0.1, 0.15) is 0 Å². The Labute approximate surface area is 124 Å². The lowest BCUT2D eigenvalue weighted by Gasteiger charge is -2.32. The second kappa shape index (κ2) is 8.31. The molecule has 0 aromatic carbocycles. The summed E-state index contributed by atoms with van der Waals surface area (Å²) in [6, 6.07) is 4.68. The van der Waals surface area contributed by atoms with Crippen molar-refractivity contribution in [1.29, 1.82) is 0 Å². The maximum atomic E-state index is 6.00. The summed E-state index contributed by atoms with van der Waals surface area (Å²) >= 11 is 5.34. The zero-order valence-corrected chi connectivity index (χ0v) is 14.1. The first-order chi connectivity index (χ1) is 8.65. The second-order valence-electron chi connectivity index (χ2n) is 4.66. The molecule has 0 spiro atoms. The monoisotopic (exact) mass is 332 g/mol. The molecule has 0 radical (unpaired) electrons. The fraction of sp³-hybridized carbons (Fsp3) is 0.714. The molecule has 0 saturated carbocycles. The SMILES string of the molecule is CCC(CC)CN(CC)C(CN)c1ccc(Br)s1. The molecule has 2 nitrogen and oxygen atoms in total. The highest BCUT2D eigenvalue weighted by Crippen LogP contribution is 2.31. The number of thiophene rings is 1. The molecule has 4 heteroatoms. The number of nitrogens with zero attached hydrogens (tertiary/aromatic N) is 1. The van der Waals surface area contributed by atoms with Crippen molar-refractivity contribution in [3.8, 4) is 0 Å². The third-order valence-corrected chi connectivity index (χ3v) is 5.36. The quantitative estimate of drug-likeness (QED) is 0.770. The number of hydrogen-bond acceptors (Lipinski definition) is 3. The van der Waals surface area contributed by atoms with Crippen LogP contribution in [0.2, 0.25) is 0 Å². The highest BCUT2D eigenvalue weighted by molar-refractivity contribution is 9.11. The van der Waals surface area contributed by atoms with Crippen molar-refractivity contribution in [3.05, 3.63) is 20.8 Å². The molecule has 1 atom stereocenters. The van der Waals surface area contributed by atoms with Crippen LogP contribution < -0.4 is 5.73 Å². The summed E-state index contributed by atoms with van der Waals surface area (Å²) in [7, 11) is 0. The first kappa shape index (κ1) is 16.2. The predicted octanol–water partition coefficient (Wildman–Crippen LogP) is 4.27. The van der Waals surface area contributed by atoms with E-state index in [1.165, 1.54) is 21.5 Å². The molecular formula is C14H25BrN2S. The van der Waals surface area contributed by atoms with E-state index in [1.807, 2.05) is 0 Å². The van der Waals surface area contributed by atoms with Gasteiger partial charge in [-0.1, -0.05) is 33.6 Å².